The lowest BCUT2D eigenvalue weighted by atomic mass is 10.0. The van der Waals surface area contributed by atoms with Gasteiger partial charge < -0.3 is 10.2 Å². The van der Waals surface area contributed by atoms with Crippen LogP contribution in [0.5, 0.6) is 0 Å². The molecule has 0 saturated carbocycles. The van der Waals surface area contributed by atoms with Gasteiger partial charge in [-0.25, -0.2) is 0 Å². The molecule has 1 heterocycles. The molecule has 1 unspecified atom stereocenters. The summed E-state index contributed by atoms with van der Waals surface area (Å²) < 4.78 is 0. The lowest BCUT2D eigenvalue weighted by molar-refractivity contribution is -0.130. The van der Waals surface area contributed by atoms with Gasteiger partial charge in [-0.2, -0.15) is 0 Å². The van der Waals surface area contributed by atoms with Gasteiger partial charge in [0.25, 0.3) is 0 Å². The molecule has 3 rings (SSSR count). The van der Waals surface area contributed by atoms with Gasteiger partial charge in [0, 0.05) is 30.3 Å². The third-order valence-electron chi connectivity index (χ3n) is 5.18. The van der Waals surface area contributed by atoms with E-state index in [1.165, 1.54) is 0 Å². The van der Waals surface area contributed by atoms with E-state index >= 15 is 0 Å². The number of carbonyl (C=O) groups excluding carboxylic acids is 2. The first kappa shape index (κ1) is 18.2. The van der Waals surface area contributed by atoms with Crippen molar-refractivity contribution in [2.24, 2.45) is 5.92 Å². The zero-order chi connectivity index (χ0) is 18.5. The fraction of sp³-hybridized carbons (Fsp3) is 0.364. The zero-order valence-electron chi connectivity index (χ0n) is 15.4. The van der Waals surface area contributed by atoms with E-state index in [1.807, 2.05) is 59.5 Å². The standard InChI is InChI=1S/C22H26N2O2/c1-3-18(4-2)24-15-17(14-21(24)25)22(26)23-20-13-9-8-12-19(20)16-10-6-5-7-11-16/h5-13,17-18H,3-4,14-15H2,1-2H3,(H,23,26). The van der Waals surface area contributed by atoms with Gasteiger partial charge in [-0.3, -0.25) is 9.59 Å². The number of rotatable bonds is 6. The molecule has 1 N–H and O–H groups in total. The number of hydrogen-bond acceptors (Lipinski definition) is 2. The number of likely N-dealkylation sites (tertiary alicyclic amines) is 1. The minimum absolute atomic E-state index is 0.0739. The molecule has 1 saturated heterocycles. The topological polar surface area (TPSA) is 49.4 Å². The summed E-state index contributed by atoms with van der Waals surface area (Å²) in [5.41, 5.74) is 2.84. The first-order valence-corrected chi connectivity index (χ1v) is 9.38. The Hall–Kier alpha value is -2.62. The molecule has 2 amide bonds. The van der Waals surface area contributed by atoms with E-state index in [-0.39, 0.29) is 23.8 Å². The summed E-state index contributed by atoms with van der Waals surface area (Å²) in [4.78, 5) is 27.0. The van der Waals surface area contributed by atoms with Crippen molar-refractivity contribution in [2.45, 2.75) is 39.2 Å². The molecule has 1 atom stereocenters. The summed E-state index contributed by atoms with van der Waals surface area (Å²) in [7, 11) is 0. The molecule has 0 radical (unpaired) electrons. The van der Waals surface area contributed by atoms with Crippen LogP contribution in [-0.2, 0) is 9.59 Å². The Morgan fingerprint density at radius 1 is 1.08 bits per heavy atom. The maximum absolute atomic E-state index is 12.8. The predicted molar refractivity (Wildman–Crippen MR) is 105 cm³/mol. The van der Waals surface area contributed by atoms with E-state index in [1.54, 1.807) is 0 Å². The van der Waals surface area contributed by atoms with Crippen molar-refractivity contribution in [3.63, 3.8) is 0 Å². The number of hydrogen-bond donors (Lipinski definition) is 1. The second-order valence-corrected chi connectivity index (χ2v) is 6.82. The summed E-state index contributed by atoms with van der Waals surface area (Å²) in [5, 5.41) is 3.05. The summed E-state index contributed by atoms with van der Waals surface area (Å²) >= 11 is 0. The monoisotopic (exact) mass is 350 g/mol. The highest BCUT2D eigenvalue weighted by Crippen LogP contribution is 2.29. The van der Waals surface area contributed by atoms with Crippen LogP contribution >= 0.6 is 0 Å². The molecule has 1 fully saturated rings. The van der Waals surface area contributed by atoms with Crippen LogP contribution in [0.1, 0.15) is 33.1 Å². The van der Waals surface area contributed by atoms with Gasteiger partial charge in [-0.1, -0.05) is 62.4 Å². The number of nitrogens with one attached hydrogen (secondary N) is 1. The van der Waals surface area contributed by atoms with E-state index in [0.717, 1.165) is 29.7 Å². The van der Waals surface area contributed by atoms with Crippen LogP contribution in [-0.4, -0.2) is 29.3 Å². The maximum atomic E-state index is 12.8. The third kappa shape index (κ3) is 3.79. The molecule has 2 aromatic rings. The molecule has 1 aliphatic rings. The van der Waals surface area contributed by atoms with E-state index in [0.29, 0.717) is 13.0 Å². The Labute approximate surface area is 155 Å². The normalized spacial score (nSPS) is 17.0. The van der Waals surface area contributed by atoms with Gasteiger partial charge >= 0.3 is 0 Å². The Kier molecular flexibility index (Phi) is 5.71. The fourth-order valence-corrected chi connectivity index (χ4v) is 3.69. The van der Waals surface area contributed by atoms with Gasteiger partial charge in [0.2, 0.25) is 11.8 Å². The van der Waals surface area contributed by atoms with Crippen LogP contribution in [0.3, 0.4) is 0 Å². The van der Waals surface area contributed by atoms with E-state index in [2.05, 4.69) is 19.2 Å². The van der Waals surface area contributed by atoms with Crippen LogP contribution in [0.4, 0.5) is 5.69 Å². The lowest BCUT2D eigenvalue weighted by Gasteiger charge is -2.26. The summed E-state index contributed by atoms with van der Waals surface area (Å²) in [6.45, 7) is 4.69. The first-order chi connectivity index (χ1) is 12.6. The number of benzene rings is 2. The molecule has 1 aliphatic heterocycles. The lowest BCUT2D eigenvalue weighted by Crippen LogP contribution is -2.36. The third-order valence-corrected chi connectivity index (χ3v) is 5.18. The van der Waals surface area contributed by atoms with E-state index in [4.69, 9.17) is 0 Å². The predicted octanol–water partition coefficient (Wildman–Crippen LogP) is 4.33. The number of amides is 2. The quantitative estimate of drug-likeness (QED) is 0.843. The van der Waals surface area contributed by atoms with Crippen molar-refractivity contribution in [1.29, 1.82) is 0 Å². The molecular weight excluding hydrogens is 324 g/mol. The smallest absolute Gasteiger partial charge is 0.229 e. The largest absolute Gasteiger partial charge is 0.339 e. The van der Waals surface area contributed by atoms with Crippen molar-refractivity contribution in [2.75, 3.05) is 11.9 Å². The highest BCUT2D eigenvalue weighted by atomic mass is 16.2. The minimum atomic E-state index is -0.285. The van der Waals surface area contributed by atoms with Crippen LogP contribution in [0.2, 0.25) is 0 Å². The highest BCUT2D eigenvalue weighted by molar-refractivity contribution is 6.00. The summed E-state index contributed by atoms with van der Waals surface area (Å²) in [6.07, 6.45) is 2.15. The van der Waals surface area contributed by atoms with E-state index in [9.17, 15) is 9.59 Å². The molecule has 26 heavy (non-hydrogen) atoms. The number of carbonyl (C=O) groups is 2. The van der Waals surface area contributed by atoms with Gasteiger partial charge in [0.05, 0.1) is 5.92 Å². The zero-order valence-corrected chi connectivity index (χ0v) is 15.4. The average molecular weight is 350 g/mol. The molecular formula is C22H26N2O2. The van der Waals surface area contributed by atoms with Crippen molar-refractivity contribution in [3.8, 4) is 11.1 Å². The molecule has 4 nitrogen and oxygen atoms in total. The number of para-hydroxylation sites is 1. The van der Waals surface area contributed by atoms with Gasteiger partial charge in [-0.05, 0) is 24.5 Å². The molecule has 0 aromatic heterocycles. The molecule has 2 aromatic carbocycles. The highest BCUT2D eigenvalue weighted by Gasteiger charge is 2.37. The van der Waals surface area contributed by atoms with Crippen LogP contribution in [0.25, 0.3) is 11.1 Å². The molecule has 0 aliphatic carbocycles. The van der Waals surface area contributed by atoms with Crippen LogP contribution in [0.15, 0.2) is 54.6 Å². The van der Waals surface area contributed by atoms with Crippen molar-refractivity contribution in [3.05, 3.63) is 54.6 Å². The van der Waals surface area contributed by atoms with Crippen molar-refractivity contribution < 1.29 is 9.59 Å². The number of anilines is 1. The minimum Gasteiger partial charge on any atom is -0.339 e. The SMILES string of the molecule is CCC(CC)N1CC(C(=O)Nc2ccccc2-c2ccccc2)CC1=O. The molecule has 0 bridgehead atoms. The first-order valence-electron chi connectivity index (χ1n) is 9.38. The Morgan fingerprint density at radius 3 is 2.42 bits per heavy atom. The molecule has 136 valence electrons. The van der Waals surface area contributed by atoms with Crippen LogP contribution in [0, 0.1) is 5.92 Å². The second-order valence-electron chi connectivity index (χ2n) is 6.82. The van der Waals surface area contributed by atoms with Crippen molar-refractivity contribution in [1.82, 2.24) is 4.90 Å². The summed E-state index contributed by atoms with van der Waals surface area (Å²) in [6, 6.07) is 18.0. The fourth-order valence-electron chi connectivity index (χ4n) is 3.69. The van der Waals surface area contributed by atoms with Crippen LogP contribution < -0.4 is 5.32 Å². The van der Waals surface area contributed by atoms with Gasteiger partial charge in [-0.15, -0.1) is 0 Å². The Bertz CT molecular complexity index is 769. The molecule has 0 spiro atoms. The van der Waals surface area contributed by atoms with Crippen molar-refractivity contribution >= 4 is 17.5 Å². The summed E-state index contributed by atoms with van der Waals surface area (Å²) in [5.74, 6) is -0.266. The number of nitrogens with zero attached hydrogens (tertiary/aromatic N) is 1. The Morgan fingerprint density at radius 2 is 1.73 bits per heavy atom. The molecule has 4 heteroatoms. The van der Waals surface area contributed by atoms with Gasteiger partial charge in [0.15, 0.2) is 0 Å². The van der Waals surface area contributed by atoms with Gasteiger partial charge in [0.1, 0.15) is 0 Å². The Balaban J connectivity index is 1.75. The van der Waals surface area contributed by atoms with E-state index < -0.39 is 0 Å². The maximum Gasteiger partial charge on any atom is 0.229 e. The average Bonchev–Trinajstić information content (AvgIpc) is 3.06. The second kappa shape index (κ2) is 8.17.